The van der Waals surface area contributed by atoms with Crippen LogP contribution >= 0.6 is 11.8 Å². The van der Waals surface area contributed by atoms with Gasteiger partial charge in [-0.1, -0.05) is 42.1 Å². The van der Waals surface area contributed by atoms with Crippen LogP contribution in [0.15, 0.2) is 35.5 Å². The number of ether oxygens (including phenoxy) is 1. The van der Waals surface area contributed by atoms with Gasteiger partial charge in [0.15, 0.2) is 5.16 Å². The fourth-order valence-corrected chi connectivity index (χ4v) is 3.98. The van der Waals surface area contributed by atoms with Crippen molar-refractivity contribution in [3.05, 3.63) is 41.7 Å². The van der Waals surface area contributed by atoms with Gasteiger partial charge in [-0.05, 0) is 38.2 Å². The molecule has 1 heterocycles. The molecule has 0 aliphatic heterocycles. The molecule has 2 aromatic rings. The molecule has 4 rings (SSSR count). The summed E-state index contributed by atoms with van der Waals surface area (Å²) in [5.41, 5.74) is 0.944. The van der Waals surface area contributed by atoms with Crippen molar-refractivity contribution in [2.75, 3.05) is 6.61 Å². The van der Waals surface area contributed by atoms with Crippen molar-refractivity contribution in [2.45, 2.75) is 55.0 Å². The molecule has 1 atom stereocenters. The molecule has 24 heavy (non-hydrogen) atoms. The van der Waals surface area contributed by atoms with Crippen LogP contribution < -0.4 is 0 Å². The molecule has 2 fully saturated rings. The Labute approximate surface area is 145 Å². The minimum absolute atomic E-state index is 0.216. The van der Waals surface area contributed by atoms with Crippen LogP contribution in [0.5, 0.6) is 0 Å². The van der Waals surface area contributed by atoms with Crippen LogP contribution in [0, 0.1) is 0 Å². The average molecular weight is 343 g/mol. The van der Waals surface area contributed by atoms with E-state index < -0.39 is 5.25 Å². The monoisotopic (exact) mass is 343 g/mol. The first-order valence-electron chi connectivity index (χ1n) is 8.61. The third-order valence-corrected chi connectivity index (χ3v) is 5.56. The summed E-state index contributed by atoms with van der Waals surface area (Å²) < 4.78 is 7.57. The molecule has 1 aromatic carbocycles. The van der Waals surface area contributed by atoms with Crippen molar-refractivity contribution in [3.8, 4) is 0 Å². The second-order valence-electron chi connectivity index (χ2n) is 6.38. The van der Waals surface area contributed by atoms with Crippen LogP contribution in [0.25, 0.3) is 0 Å². The van der Waals surface area contributed by atoms with Crippen LogP contribution in [0.2, 0.25) is 0 Å². The Morgan fingerprint density at radius 1 is 1.25 bits per heavy atom. The fraction of sp³-hybridized carbons (Fsp3) is 0.500. The number of nitrogens with zero attached hydrogens (tertiary/aromatic N) is 3. The third kappa shape index (κ3) is 3.20. The lowest BCUT2D eigenvalue weighted by atomic mass is 10.1. The van der Waals surface area contributed by atoms with E-state index in [1.54, 1.807) is 0 Å². The molecule has 0 spiro atoms. The highest BCUT2D eigenvalue weighted by atomic mass is 32.2. The molecule has 5 nitrogen and oxygen atoms in total. The normalized spacial score (nSPS) is 18.4. The Kier molecular flexibility index (Phi) is 4.31. The molecule has 0 N–H and O–H groups in total. The van der Waals surface area contributed by atoms with Gasteiger partial charge in [-0.2, -0.15) is 0 Å². The lowest BCUT2D eigenvalue weighted by molar-refractivity contribution is -0.142. The zero-order valence-electron chi connectivity index (χ0n) is 13.7. The number of benzene rings is 1. The summed E-state index contributed by atoms with van der Waals surface area (Å²) in [6.45, 7) is 2.22. The zero-order valence-corrected chi connectivity index (χ0v) is 14.5. The van der Waals surface area contributed by atoms with Gasteiger partial charge in [0.2, 0.25) is 0 Å². The number of esters is 1. The van der Waals surface area contributed by atoms with Crippen LogP contribution in [0.1, 0.15) is 61.2 Å². The van der Waals surface area contributed by atoms with E-state index in [-0.39, 0.29) is 5.97 Å². The van der Waals surface area contributed by atoms with Crippen molar-refractivity contribution in [2.24, 2.45) is 0 Å². The van der Waals surface area contributed by atoms with Gasteiger partial charge in [0.1, 0.15) is 11.1 Å². The second kappa shape index (κ2) is 6.59. The fourth-order valence-electron chi connectivity index (χ4n) is 2.87. The van der Waals surface area contributed by atoms with Crippen LogP contribution in [0.4, 0.5) is 0 Å². The number of carbonyl (C=O) groups excluding carboxylic acids is 1. The Balaban J connectivity index is 1.64. The predicted molar refractivity (Wildman–Crippen MR) is 91.9 cm³/mol. The Hall–Kier alpha value is -1.82. The van der Waals surface area contributed by atoms with Gasteiger partial charge in [0, 0.05) is 12.0 Å². The van der Waals surface area contributed by atoms with E-state index >= 15 is 0 Å². The molecular weight excluding hydrogens is 322 g/mol. The van der Waals surface area contributed by atoms with Crippen LogP contribution in [0.3, 0.4) is 0 Å². The largest absolute Gasteiger partial charge is 0.465 e. The molecule has 126 valence electrons. The standard InChI is InChI=1S/C18H21N3O2S/c1-2-23-17(22)15(12-6-4-3-5-7-12)24-18-20-19-16(13-8-9-13)21(18)14-10-11-14/h3-7,13-15H,2,8-11H2,1H3/t15-/m1/s1. The molecule has 0 bridgehead atoms. The van der Waals surface area contributed by atoms with Crippen LogP contribution in [-0.4, -0.2) is 27.3 Å². The highest BCUT2D eigenvalue weighted by Crippen LogP contribution is 2.47. The summed E-state index contributed by atoms with van der Waals surface area (Å²) in [5.74, 6) is 1.45. The van der Waals surface area contributed by atoms with Crippen molar-refractivity contribution < 1.29 is 9.53 Å². The number of aromatic nitrogens is 3. The second-order valence-corrected chi connectivity index (χ2v) is 7.45. The molecule has 1 aromatic heterocycles. The van der Waals surface area contributed by atoms with Gasteiger partial charge < -0.3 is 9.30 Å². The first kappa shape index (κ1) is 15.7. The van der Waals surface area contributed by atoms with E-state index in [0.29, 0.717) is 18.6 Å². The number of hydrogen-bond acceptors (Lipinski definition) is 5. The summed E-state index contributed by atoms with van der Waals surface area (Å²) in [6.07, 6.45) is 4.77. The molecule has 0 unspecified atom stereocenters. The topological polar surface area (TPSA) is 57.0 Å². The van der Waals surface area contributed by atoms with E-state index in [1.165, 1.54) is 37.4 Å². The van der Waals surface area contributed by atoms with E-state index in [9.17, 15) is 4.79 Å². The predicted octanol–water partition coefficient (Wildman–Crippen LogP) is 3.89. The first-order chi connectivity index (χ1) is 11.8. The smallest absolute Gasteiger partial charge is 0.324 e. The molecule has 2 saturated carbocycles. The van der Waals surface area contributed by atoms with E-state index in [1.807, 2.05) is 37.3 Å². The number of hydrogen-bond donors (Lipinski definition) is 0. The minimum atomic E-state index is -0.403. The van der Waals surface area contributed by atoms with Gasteiger partial charge in [-0.3, -0.25) is 4.79 Å². The molecule has 0 radical (unpaired) electrons. The summed E-state index contributed by atoms with van der Waals surface area (Å²) in [6, 6.07) is 10.3. The zero-order chi connectivity index (χ0) is 16.5. The van der Waals surface area contributed by atoms with Crippen molar-refractivity contribution in [1.29, 1.82) is 0 Å². The maximum Gasteiger partial charge on any atom is 0.324 e. The highest BCUT2D eigenvalue weighted by molar-refractivity contribution is 8.00. The average Bonchev–Trinajstić information content (AvgIpc) is 3.52. The molecular formula is C18H21N3O2S. The van der Waals surface area contributed by atoms with Gasteiger partial charge >= 0.3 is 5.97 Å². The lowest BCUT2D eigenvalue weighted by Crippen LogP contribution is -2.14. The van der Waals surface area contributed by atoms with Crippen molar-refractivity contribution in [1.82, 2.24) is 14.8 Å². The van der Waals surface area contributed by atoms with Gasteiger partial charge in [0.05, 0.1) is 6.61 Å². The van der Waals surface area contributed by atoms with Gasteiger partial charge in [0.25, 0.3) is 0 Å². The summed E-state index contributed by atoms with van der Waals surface area (Å²) in [4.78, 5) is 12.5. The highest BCUT2D eigenvalue weighted by Gasteiger charge is 2.37. The Morgan fingerprint density at radius 3 is 2.62 bits per heavy atom. The molecule has 0 saturated heterocycles. The number of rotatable bonds is 7. The summed E-state index contributed by atoms with van der Waals surface area (Å²) >= 11 is 1.47. The van der Waals surface area contributed by atoms with Crippen molar-refractivity contribution >= 4 is 17.7 Å². The van der Waals surface area contributed by atoms with E-state index in [4.69, 9.17) is 4.74 Å². The third-order valence-electron chi connectivity index (χ3n) is 4.37. The molecule has 2 aliphatic carbocycles. The first-order valence-corrected chi connectivity index (χ1v) is 9.49. The minimum Gasteiger partial charge on any atom is -0.465 e. The molecule has 6 heteroatoms. The van der Waals surface area contributed by atoms with Crippen LogP contribution in [-0.2, 0) is 9.53 Å². The lowest BCUT2D eigenvalue weighted by Gasteiger charge is -2.16. The quantitative estimate of drug-likeness (QED) is 0.564. The number of carbonyl (C=O) groups is 1. The molecule has 0 amide bonds. The van der Waals surface area contributed by atoms with Gasteiger partial charge in [-0.15, -0.1) is 10.2 Å². The van der Waals surface area contributed by atoms with Gasteiger partial charge in [-0.25, -0.2) is 0 Å². The SMILES string of the molecule is CCOC(=O)[C@H](Sc1nnc(C2CC2)n1C1CC1)c1ccccc1. The van der Waals surface area contributed by atoms with Crippen molar-refractivity contribution in [3.63, 3.8) is 0 Å². The molecule has 2 aliphatic rings. The van der Waals surface area contributed by atoms with E-state index in [2.05, 4.69) is 14.8 Å². The Morgan fingerprint density at radius 2 is 2.00 bits per heavy atom. The number of thioether (sulfide) groups is 1. The maximum atomic E-state index is 12.5. The van der Waals surface area contributed by atoms with E-state index in [0.717, 1.165) is 16.5 Å². The maximum absolute atomic E-state index is 12.5. The summed E-state index contributed by atoms with van der Waals surface area (Å²) in [7, 11) is 0. The summed E-state index contributed by atoms with van der Waals surface area (Å²) in [5, 5.41) is 9.29. The Bertz CT molecular complexity index is 723.